The zero-order valence-electron chi connectivity index (χ0n) is 11.9. The molecule has 1 aliphatic rings. The molecule has 0 aromatic carbocycles. The van der Waals surface area contributed by atoms with Gasteiger partial charge in [-0.25, -0.2) is 0 Å². The molecule has 0 bridgehead atoms. The van der Waals surface area contributed by atoms with Gasteiger partial charge in [-0.1, -0.05) is 16.9 Å². The van der Waals surface area contributed by atoms with Crippen LogP contribution in [0.3, 0.4) is 0 Å². The average Bonchev–Trinajstić information content (AvgIpc) is 3.16. The summed E-state index contributed by atoms with van der Waals surface area (Å²) in [7, 11) is 1.86. The van der Waals surface area contributed by atoms with Gasteiger partial charge >= 0.3 is 0 Å². The van der Waals surface area contributed by atoms with E-state index in [1.807, 2.05) is 11.9 Å². The Bertz CT molecular complexity index is 639. The fourth-order valence-corrected chi connectivity index (χ4v) is 3.08. The molecule has 1 aliphatic heterocycles. The highest BCUT2D eigenvalue weighted by Crippen LogP contribution is 2.26. The molecule has 9 heteroatoms. The third-order valence-corrected chi connectivity index (χ3v) is 4.45. The number of carbonyl (C=O) groups is 1. The van der Waals surface area contributed by atoms with Crippen molar-refractivity contribution in [3.63, 3.8) is 0 Å². The van der Waals surface area contributed by atoms with Gasteiger partial charge < -0.3 is 14.0 Å². The minimum absolute atomic E-state index is 0.0988. The van der Waals surface area contributed by atoms with Gasteiger partial charge in [-0.15, -0.1) is 10.2 Å². The van der Waals surface area contributed by atoms with E-state index in [2.05, 4.69) is 20.3 Å². The van der Waals surface area contributed by atoms with E-state index in [4.69, 9.17) is 4.52 Å². The van der Waals surface area contributed by atoms with E-state index < -0.39 is 0 Å². The summed E-state index contributed by atoms with van der Waals surface area (Å²) in [5.74, 6) is 1.87. The van der Waals surface area contributed by atoms with Crippen molar-refractivity contribution in [2.45, 2.75) is 24.4 Å². The highest BCUT2D eigenvalue weighted by atomic mass is 32.2. The normalized spacial score (nSPS) is 18.4. The van der Waals surface area contributed by atoms with Crippen LogP contribution in [0.1, 0.15) is 24.1 Å². The van der Waals surface area contributed by atoms with Crippen molar-refractivity contribution in [2.24, 2.45) is 7.05 Å². The van der Waals surface area contributed by atoms with Gasteiger partial charge in [0.15, 0.2) is 11.0 Å². The number of likely N-dealkylation sites (tertiary alicyclic amines) is 1. The molecule has 3 heterocycles. The van der Waals surface area contributed by atoms with Gasteiger partial charge in [0.05, 0.1) is 11.7 Å². The standard InChI is InChI=1S/C12H16N6O2S/c1-8-14-11(20-16-8)9-3-4-18(5-9)10(19)6-21-12-15-13-7-17(12)2/h7,9H,3-6H2,1-2H3/t9-/m0/s1. The Labute approximate surface area is 125 Å². The molecular weight excluding hydrogens is 292 g/mol. The number of hydrogen-bond donors (Lipinski definition) is 0. The largest absolute Gasteiger partial charge is 0.341 e. The summed E-state index contributed by atoms with van der Waals surface area (Å²) in [5, 5.41) is 12.3. The van der Waals surface area contributed by atoms with Crippen LogP contribution in [-0.2, 0) is 11.8 Å². The van der Waals surface area contributed by atoms with Crippen LogP contribution in [0.2, 0.25) is 0 Å². The van der Waals surface area contributed by atoms with Crippen LogP contribution in [0.4, 0.5) is 0 Å². The smallest absolute Gasteiger partial charge is 0.233 e. The Morgan fingerprint density at radius 2 is 2.43 bits per heavy atom. The number of aromatic nitrogens is 5. The van der Waals surface area contributed by atoms with Crippen LogP contribution in [0, 0.1) is 6.92 Å². The number of carbonyl (C=O) groups excluding carboxylic acids is 1. The SMILES string of the molecule is Cc1noc([C@H]2CCN(C(=O)CSc3nncn3C)C2)n1. The van der Waals surface area contributed by atoms with Crippen molar-refractivity contribution >= 4 is 17.7 Å². The molecule has 0 unspecified atom stereocenters. The first-order chi connectivity index (χ1) is 10.1. The van der Waals surface area contributed by atoms with E-state index in [-0.39, 0.29) is 11.8 Å². The molecule has 1 atom stereocenters. The van der Waals surface area contributed by atoms with E-state index in [0.717, 1.165) is 18.1 Å². The number of amides is 1. The average molecular weight is 308 g/mol. The van der Waals surface area contributed by atoms with Crippen molar-refractivity contribution < 1.29 is 9.32 Å². The number of thioether (sulfide) groups is 1. The van der Waals surface area contributed by atoms with Crippen molar-refractivity contribution in [3.8, 4) is 0 Å². The number of nitrogens with zero attached hydrogens (tertiary/aromatic N) is 6. The van der Waals surface area contributed by atoms with Crippen LogP contribution < -0.4 is 0 Å². The lowest BCUT2D eigenvalue weighted by molar-refractivity contribution is -0.127. The Balaban J connectivity index is 1.53. The number of rotatable bonds is 4. The van der Waals surface area contributed by atoms with E-state index in [9.17, 15) is 4.79 Å². The highest BCUT2D eigenvalue weighted by molar-refractivity contribution is 7.99. The number of hydrogen-bond acceptors (Lipinski definition) is 7. The van der Waals surface area contributed by atoms with Crippen LogP contribution in [0.5, 0.6) is 0 Å². The maximum absolute atomic E-state index is 12.2. The van der Waals surface area contributed by atoms with Gasteiger partial charge in [0.1, 0.15) is 6.33 Å². The molecule has 3 rings (SSSR count). The van der Waals surface area contributed by atoms with Gasteiger partial charge in [-0.2, -0.15) is 4.98 Å². The molecule has 0 saturated carbocycles. The molecule has 8 nitrogen and oxygen atoms in total. The van der Waals surface area contributed by atoms with E-state index >= 15 is 0 Å². The van der Waals surface area contributed by atoms with Gasteiger partial charge in [0, 0.05) is 20.1 Å². The fraction of sp³-hybridized carbons (Fsp3) is 0.583. The van der Waals surface area contributed by atoms with Crippen LogP contribution in [0.25, 0.3) is 0 Å². The predicted molar refractivity (Wildman–Crippen MR) is 74.7 cm³/mol. The molecule has 0 radical (unpaired) electrons. The molecule has 1 fully saturated rings. The monoisotopic (exact) mass is 308 g/mol. The summed E-state index contributed by atoms with van der Waals surface area (Å²) in [6.07, 6.45) is 2.48. The second-order valence-corrected chi connectivity index (χ2v) is 5.96. The van der Waals surface area contributed by atoms with Crippen molar-refractivity contribution in [1.29, 1.82) is 0 Å². The Kier molecular flexibility index (Phi) is 3.91. The summed E-state index contributed by atoms with van der Waals surface area (Å²) in [4.78, 5) is 18.3. The van der Waals surface area contributed by atoms with E-state index in [1.54, 1.807) is 17.8 Å². The first-order valence-electron chi connectivity index (χ1n) is 6.68. The van der Waals surface area contributed by atoms with Gasteiger partial charge in [0.25, 0.3) is 0 Å². The van der Waals surface area contributed by atoms with Gasteiger partial charge in [-0.3, -0.25) is 4.79 Å². The summed E-state index contributed by atoms with van der Waals surface area (Å²) in [6, 6.07) is 0. The van der Waals surface area contributed by atoms with Crippen LogP contribution in [-0.4, -0.2) is 54.6 Å². The Morgan fingerprint density at radius 1 is 1.57 bits per heavy atom. The van der Waals surface area contributed by atoms with Crippen molar-refractivity contribution in [2.75, 3.05) is 18.8 Å². The second kappa shape index (κ2) is 5.84. The summed E-state index contributed by atoms with van der Waals surface area (Å²) < 4.78 is 6.98. The van der Waals surface area contributed by atoms with Crippen LogP contribution in [0.15, 0.2) is 16.0 Å². The Morgan fingerprint density at radius 3 is 3.10 bits per heavy atom. The second-order valence-electron chi connectivity index (χ2n) is 5.02. The topological polar surface area (TPSA) is 89.9 Å². The molecule has 1 amide bonds. The molecular formula is C12H16N6O2S. The van der Waals surface area contributed by atoms with Crippen LogP contribution >= 0.6 is 11.8 Å². The number of aryl methyl sites for hydroxylation is 2. The minimum atomic E-state index is 0.0988. The maximum Gasteiger partial charge on any atom is 0.233 e. The molecule has 2 aromatic heterocycles. The first-order valence-corrected chi connectivity index (χ1v) is 7.67. The predicted octanol–water partition coefficient (Wildman–Crippen LogP) is 0.615. The van der Waals surface area contributed by atoms with E-state index in [1.165, 1.54) is 11.8 Å². The first kappa shape index (κ1) is 14.1. The van der Waals surface area contributed by atoms with Gasteiger partial charge in [-0.05, 0) is 13.3 Å². The lowest BCUT2D eigenvalue weighted by Gasteiger charge is -2.15. The maximum atomic E-state index is 12.2. The molecule has 112 valence electrons. The summed E-state index contributed by atoms with van der Waals surface area (Å²) in [5.41, 5.74) is 0. The zero-order valence-corrected chi connectivity index (χ0v) is 12.7. The summed E-state index contributed by atoms with van der Waals surface area (Å²) in [6.45, 7) is 3.16. The Hall–Kier alpha value is -1.90. The molecule has 1 saturated heterocycles. The summed E-state index contributed by atoms with van der Waals surface area (Å²) >= 11 is 1.40. The molecule has 21 heavy (non-hydrogen) atoms. The fourth-order valence-electron chi connectivity index (χ4n) is 2.29. The van der Waals surface area contributed by atoms with Crippen molar-refractivity contribution in [3.05, 3.63) is 18.0 Å². The quantitative estimate of drug-likeness (QED) is 0.764. The lowest BCUT2D eigenvalue weighted by atomic mass is 10.1. The third-order valence-electron chi connectivity index (χ3n) is 3.43. The van der Waals surface area contributed by atoms with E-state index in [0.29, 0.717) is 24.0 Å². The molecule has 2 aromatic rings. The lowest BCUT2D eigenvalue weighted by Crippen LogP contribution is -2.30. The highest BCUT2D eigenvalue weighted by Gasteiger charge is 2.30. The minimum Gasteiger partial charge on any atom is -0.341 e. The zero-order chi connectivity index (χ0) is 14.8. The molecule has 0 aliphatic carbocycles. The molecule has 0 N–H and O–H groups in total. The third kappa shape index (κ3) is 3.07. The van der Waals surface area contributed by atoms with Gasteiger partial charge in [0.2, 0.25) is 11.8 Å². The van der Waals surface area contributed by atoms with Crippen molar-refractivity contribution in [1.82, 2.24) is 29.8 Å². The molecule has 0 spiro atoms.